The second-order valence-corrected chi connectivity index (χ2v) is 13.9. The summed E-state index contributed by atoms with van der Waals surface area (Å²) in [5.41, 5.74) is 1.63. The highest BCUT2D eigenvalue weighted by atomic mass is 32.2. The molecule has 4 aliphatic rings. The van der Waals surface area contributed by atoms with Crippen molar-refractivity contribution in [3.8, 4) is 10.6 Å². The van der Waals surface area contributed by atoms with Gasteiger partial charge in [-0.2, -0.15) is 13.2 Å². The Labute approximate surface area is 265 Å². The second kappa shape index (κ2) is 13.3. The van der Waals surface area contributed by atoms with Crippen LogP contribution in [0.15, 0.2) is 35.4 Å². The second-order valence-electron chi connectivity index (χ2n) is 11.3. The first-order chi connectivity index (χ1) is 21.7. The van der Waals surface area contributed by atoms with Crippen LogP contribution in [-0.2, 0) is 26.4 Å². The van der Waals surface area contributed by atoms with Crippen LogP contribution in [0.1, 0.15) is 39.6 Å². The molecule has 2 N–H and O–H groups in total. The van der Waals surface area contributed by atoms with E-state index in [1.165, 1.54) is 6.07 Å². The Morgan fingerprint density at radius 3 is 2.51 bits per heavy atom. The van der Waals surface area contributed by atoms with Crippen LogP contribution >= 0.6 is 11.3 Å². The number of carbonyl (C=O) groups is 1. The Kier molecular flexibility index (Phi) is 9.43. The minimum absolute atomic E-state index is 0.0270. The van der Waals surface area contributed by atoms with Gasteiger partial charge in [-0.25, -0.2) is 9.97 Å². The maximum atomic E-state index is 14.2. The first-order valence-corrected chi connectivity index (χ1v) is 16.9. The highest BCUT2D eigenvalue weighted by Gasteiger charge is 2.39. The van der Waals surface area contributed by atoms with Crippen LogP contribution in [0.25, 0.3) is 10.6 Å². The Bertz CT molecular complexity index is 1570. The molecule has 3 aromatic rings. The van der Waals surface area contributed by atoms with E-state index in [1.54, 1.807) is 19.1 Å². The summed E-state index contributed by atoms with van der Waals surface area (Å²) < 4.78 is 65.0. The van der Waals surface area contributed by atoms with Crippen LogP contribution in [0.5, 0.6) is 0 Å². The number of nitrogens with one attached hydrogen (secondary N) is 2. The van der Waals surface area contributed by atoms with E-state index in [9.17, 15) is 22.2 Å². The van der Waals surface area contributed by atoms with Crippen molar-refractivity contribution in [1.82, 2.24) is 20.2 Å². The summed E-state index contributed by atoms with van der Waals surface area (Å²) in [6.07, 6.45) is -1.85. The zero-order chi connectivity index (χ0) is 31.7. The SMILES string of the molecule is COC.O=C1c2sc(-c3nc(Nc4ccc(N5CCNCC5)cc4C4CC4)ncc3C(F)(F)F)cc2S(=O)CCN1C1COC1. The molecule has 0 bridgehead atoms. The van der Waals surface area contributed by atoms with Gasteiger partial charge in [0, 0.05) is 70.3 Å². The van der Waals surface area contributed by atoms with E-state index in [2.05, 4.69) is 36.3 Å². The Morgan fingerprint density at radius 1 is 1.13 bits per heavy atom. The van der Waals surface area contributed by atoms with Gasteiger partial charge in [0.05, 0.1) is 45.5 Å². The fourth-order valence-electron chi connectivity index (χ4n) is 5.56. The van der Waals surface area contributed by atoms with Crippen LogP contribution in [0, 0.1) is 0 Å². The molecule has 1 aliphatic carbocycles. The quantitative estimate of drug-likeness (QED) is 0.395. The van der Waals surface area contributed by atoms with Crippen molar-refractivity contribution in [2.45, 2.75) is 35.9 Å². The molecule has 1 amide bonds. The van der Waals surface area contributed by atoms with Gasteiger partial charge in [-0.3, -0.25) is 9.00 Å². The molecule has 1 saturated carbocycles. The first kappa shape index (κ1) is 31.9. The molecule has 7 rings (SSSR count). The number of alkyl halides is 3. The molecule has 3 aliphatic heterocycles. The number of carbonyl (C=O) groups excluding carboxylic acids is 1. The topological polar surface area (TPSA) is 109 Å². The summed E-state index contributed by atoms with van der Waals surface area (Å²) in [6, 6.07) is 7.42. The molecule has 0 radical (unpaired) electrons. The largest absolute Gasteiger partial charge is 0.420 e. The van der Waals surface area contributed by atoms with E-state index in [1.807, 2.05) is 12.1 Å². The summed E-state index contributed by atoms with van der Waals surface area (Å²) in [5.74, 6) is 0.281. The smallest absolute Gasteiger partial charge is 0.388 e. The predicted molar refractivity (Wildman–Crippen MR) is 167 cm³/mol. The number of fused-ring (bicyclic) bond motifs is 1. The van der Waals surface area contributed by atoms with Crippen molar-refractivity contribution in [2.75, 3.05) is 76.1 Å². The van der Waals surface area contributed by atoms with Crippen molar-refractivity contribution in [1.29, 1.82) is 0 Å². The number of ether oxygens (including phenoxy) is 2. The standard InChI is InChI=1S/C28H29F3N6O3S2.C2H6O/c29-28(30,31)20-13-33-27(34-21-4-3-17(11-19(21)16-1-2-16)36-7-5-32-6-8-36)35-24(20)22-12-23-25(41-22)26(38)37(9-10-42(23)39)18-14-40-15-18;1-3-2/h3-4,11-13,16,18,32H,1-2,5-10,14-15H2,(H,33,34,35);1-2H3. The van der Waals surface area contributed by atoms with Crippen molar-refractivity contribution in [3.63, 3.8) is 0 Å². The molecule has 1 unspecified atom stereocenters. The average molecular weight is 665 g/mol. The van der Waals surface area contributed by atoms with Crippen LogP contribution in [0.2, 0.25) is 0 Å². The van der Waals surface area contributed by atoms with Crippen LogP contribution in [-0.4, -0.2) is 96.9 Å². The van der Waals surface area contributed by atoms with E-state index in [4.69, 9.17) is 4.74 Å². The number of aromatic nitrogens is 2. The maximum Gasteiger partial charge on any atom is 0.420 e. The molecule has 1 atom stereocenters. The summed E-state index contributed by atoms with van der Waals surface area (Å²) in [5, 5.41) is 6.53. The number of hydrogen-bond donors (Lipinski definition) is 2. The molecule has 3 fully saturated rings. The van der Waals surface area contributed by atoms with Crippen molar-refractivity contribution >= 4 is 45.4 Å². The number of halogens is 3. The summed E-state index contributed by atoms with van der Waals surface area (Å²) >= 11 is 0.897. The minimum atomic E-state index is -4.72. The van der Waals surface area contributed by atoms with Crippen LogP contribution in [0.3, 0.4) is 0 Å². The van der Waals surface area contributed by atoms with Gasteiger partial charge >= 0.3 is 6.18 Å². The fraction of sp³-hybridized carbons (Fsp3) is 0.500. The van der Waals surface area contributed by atoms with Gasteiger partial charge in [0.25, 0.3) is 5.91 Å². The van der Waals surface area contributed by atoms with Crippen molar-refractivity contribution < 1.29 is 31.6 Å². The number of hydrogen-bond acceptors (Lipinski definition) is 10. The van der Waals surface area contributed by atoms with E-state index < -0.39 is 22.5 Å². The van der Waals surface area contributed by atoms with Crippen molar-refractivity contribution in [3.05, 3.63) is 46.5 Å². The molecule has 1 aromatic carbocycles. The third kappa shape index (κ3) is 6.87. The molecule has 10 nitrogen and oxygen atoms in total. The predicted octanol–water partition coefficient (Wildman–Crippen LogP) is 4.48. The minimum Gasteiger partial charge on any atom is -0.388 e. The summed E-state index contributed by atoms with van der Waals surface area (Å²) in [4.78, 5) is 26.3. The molecular weight excluding hydrogens is 629 g/mol. The summed E-state index contributed by atoms with van der Waals surface area (Å²) in [7, 11) is 1.72. The molecule has 242 valence electrons. The number of benzene rings is 1. The normalized spacial score (nSPS) is 20.6. The average Bonchev–Trinajstić information content (AvgIpc) is 3.76. The van der Waals surface area contributed by atoms with E-state index >= 15 is 0 Å². The number of amides is 1. The van der Waals surface area contributed by atoms with Gasteiger partial charge in [-0.05, 0) is 48.6 Å². The zero-order valence-corrected chi connectivity index (χ0v) is 26.6. The number of nitrogens with zero attached hydrogens (tertiary/aromatic N) is 4. The van der Waals surface area contributed by atoms with Gasteiger partial charge in [0.15, 0.2) is 0 Å². The highest BCUT2D eigenvalue weighted by Crippen LogP contribution is 2.46. The Hall–Kier alpha value is -3.11. The van der Waals surface area contributed by atoms with Gasteiger partial charge in [0.2, 0.25) is 5.95 Å². The molecule has 5 heterocycles. The number of rotatable bonds is 6. The van der Waals surface area contributed by atoms with Gasteiger partial charge in [-0.15, -0.1) is 11.3 Å². The molecule has 0 spiro atoms. The zero-order valence-electron chi connectivity index (χ0n) is 25.0. The van der Waals surface area contributed by atoms with Crippen LogP contribution in [0.4, 0.5) is 30.5 Å². The van der Waals surface area contributed by atoms with Crippen LogP contribution < -0.4 is 15.5 Å². The van der Waals surface area contributed by atoms with E-state index in [0.717, 1.165) is 73.5 Å². The number of methoxy groups -OCH3 is 1. The lowest BCUT2D eigenvalue weighted by Gasteiger charge is -2.36. The molecule has 2 saturated heterocycles. The lowest BCUT2D eigenvalue weighted by molar-refractivity contribution is -0.137. The molecular formula is C30H35F3N6O4S2. The third-order valence-electron chi connectivity index (χ3n) is 8.09. The maximum absolute atomic E-state index is 14.2. The van der Waals surface area contributed by atoms with Gasteiger partial charge in [-0.1, -0.05) is 0 Å². The fourth-order valence-corrected chi connectivity index (χ4v) is 8.17. The number of piperazine rings is 1. The first-order valence-electron chi connectivity index (χ1n) is 14.8. The monoisotopic (exact) mass is 664 g/mol. The lowest BCUT2D eigenvalue weighted by Crippen LogP contribution is -2.52. The summed E-state index contributed by atoms with van der Waals surface area (Å²) in [6.45, 7) is 4.74. The lowest BCUT2D eigenvalue weighted by atomic mass is 10.1. The highest BCUT2D eigenvalue weighted by molar-refractivity contribution is 7.85. The molecule has 2 aromatic heterocycles. The molecule has 15 heteroatoms. The molecule has 45 heavy (non-hydrogen) atoms. The van der Waals surface area contributed by atoms with Gasteiger partial charge in [0.1, 0.15) is 10.4 Å². The Morgan fingerprint density at radius 2 is 1.87 bits per heavy atom. The number of thiophene rings is 1. The number of anilines is 3. The third-order valence-corrected chi connectivity index (χ3v) is 10.7. The Balaban J connectivity index is 0.00000115. The van der Waals surface area contributed by atoms with E-state index in [0.29, 0.717) is 25.7 Å². The van der Waals surface area contributed by atoms with E-state index in [-0.39, 0.29) is 44.0 Å². The van der Waals surface area contributed by atoms with Gasteiger partial charge < -0.3 is 29.9 Å². The van der Waals surface area contributed by atoms with Crippen molar-refractivity contribution in [2.24, 2.45) is 0 Å².